The predicted molar refractivity (Wildman–Crippen MR) is 59.4 cm³/mol. The van der Waals surface area contributed by atoms with E-state index < -0.39 is 6.23 Å². The number of nitrogens with one attached hydrogen (secondary N) is 1. The Morgan fingerprint density at radius 3 is 3.00 bits per heavy atom. The summed E-state index contributed by atoms with van der Waals surface area (Å²) in [5, 5.41) is 12.5. The first-order valence-electron chi connectivity index (χ1n) is 5.21. The summed E-state index contributed by atoms with van der Waals surface area (Å²) in [5.41, 5.74) is 2.37. The zero-order chi connectivity index (χ0) is 11.7. The lowest BCUT2D eigenvalue weighted by Gasteiger charge is -2.27. The third-order valence-corrected chi connectivity index (χ3v) is 2.84. The quantitative estimate of drug-likeness (QED) is 0.752. The number of benzene rings is 1. The van der Waals surface area contributed by atoms with E-state index in [1.54, 1.807) is 18.2 Å². The van der Waals surface area contributed by atoms with E-state index in [9.17, 15) is 10.0 Å². The van der Waals surface area contributed by atoms with Gasteiger partial charge < -0.3 is 10.4 Å². The number of nitrogens with zero attached hydrogens (tertiary/aromatic N) is 1. The van der Waals surface area contributed by atoms with Crippen molar-refractivity contribution in [1.29, 1.82) is 0 Å². The van der Waals surface area contributed by atoms with Gasteiger partial charge in [-0.25, -0.2) is 4.84 Å². The van der Waals surface area contributed by atoms with Gasteiger partial charge in [-0.3, -0.25) is 0 Å². The fourth-order valence-corrected chi connectivity index (χ4v) is 2.01. The lowest BCUT2D eigenvalue weighted by molar-refractivity contribution is -0.736. The highest BCUT2D eigenvalue weighted by Crippen LogP contribution is 2.35. The summed E-state index contributed by atoms with van der Waals surface area (Å²) < 4.78 is 0. The zero-order valence-corrected chi connectivity index (χ0v) is 9.30. The summed E-state index contributed by atoms with van der Waals surface area (Å²) in [5.74, 6) is 0.219. The van der Waals surface area contributed by atoms with Crippen LogP contribution >= 0.6 is 0 Å². The monoisotopic (exact) mass is 223 g/mol. The second-order valence-electron chi connectivity index (χ2n) is 4.01. The Morgan fingerprint density at radius 2 is 2.31 bits per heavy atom. The number of fused-ring (bicyclic) bond motifs is 1. The van der Waals surface area contributed by atoms with Gasteiger partial charge >= 0.3 is 5.69 Å². The predicted octanol–water partition coefficient (Wildman–Crippen LogP) is 1.90. The number of anilines is 1. The largest absolute Gasteiger partial charge is 0.374 e. The van der Waals surface area contributed by atoms with Crippen molar-refractivity contribution >= 4 is 11.4 Å². The van der Waals surface area contributed by atoms with Gasteiger partial charge in [-0.2, -0.15) is 0 Å². The Hall–Kier alpha value is -1.62. The molecule has 2 atom stereocenters. The third kappa shape index (κ3) is 1.86. The molecular formula is C11H15N2O3+. The minimum absolute atomic E-state index is 0.219. The molecule has 0 amide bonds. The number of hydrogen-bond donors (Lipinski definition) is 2. The van der Waals surface area contributed by atoms with Crippen molar-refractivity contribution in [2.75, 3.05) is 12.4 Å². The number of aliphatic hydroxyl groups is 1. The highest BCUT2D eigenvalue weighted by Gasteiger charge is 2.25. The average Bonchev–Trinajstić information content (AvgIpc) is 2.27. The maximum Gasteiger partial charge on any atom is 0.317 e. The topological polar surface area (TPSA) is 61.6 Å². The molecule has 86 valence electrons. The van der Waals surface area contributed by atoms with Crippen molar-refractivity contribution < 1.29 is 14.9 Å². The van der Waals surface area contributed by atoms with E-state index in [0.717, 1.165) is 11.3 Å². The first-order valence-corrected chi connectivity index (χ1v) is 5.21. The molecule has 0 spiro atoms. The van der Waals surface area contributed by atoms with Gasteiger partial charge in [0.2, 0.25) is 0 Å². The molecule has 0 aromatic heterocycles. The van der Waals surface area contributed by atoms with E-state index in [2.05, 4.69) is 10.2 Å². The molecule has 0 bridgehead atoms. The summed E-state index contributed by atoms with van der Waals surface area (Å²) in [6, 6.07) is 5.23. The van der Waals surface area contributed by atoms with Gasteiger partial charge in [-0.1, -0.05) is 6.92 Å². The van der Waals surface area contributed by atoms with Gasteiger partial charge in [0.25, 0.3) is 4.92 Å². The van der Waals surface area contributed by atoms with E-state index in [0.29, 0.717) is 17.0 Å². The fourth-order valence-electron chi connectivity index (χ4n) is 2.01. The number of rotatable bonds is 2. The molecular weight excluding hydrogens is 208 g/mol. The van der Waals surface area contributed by atoms with Crippen LogP contribution in [-0.2, 0) is 4.84 Å². The van der Waals surface area contributed by atoms with Gasteiger partial charge in [0.15, 0.2) is 7.11 Å². The molecule has 1 aliphatic heterocycles. The van der Waals surface area contributed by atoms with Crippen molar-refractivity contribution in [1.82, 2.24) is 0 Å². The zero-order valence-electron chi connectivity index (χ0n) is 9.30. The minimum atomic E-state index is -0.515. The smallest absolute Gasteiger partial charge is 0.317 e. The molecule has 0 radical (unpaired) electrons. The first-order chi connectivity index (χ1) is 7.61. The normalized spacial score (nSPS) is 23.2. The van der Waals surface area contributed by atoms with Gasteiger partial charge in [-0.15, -0.1) is 0 Å². The van der Waals surface area contributed by atoms with Crippen LogP contribution in [0.3, 0.4) is 0 Å². The fraction of sp³-hybridized carbons (Fsp3) is 0.455. The summed E-state index contributed by atoms with van der Waals surface area (Å²) in [6.45, 7) is 2.02. The maximum atomic E-state index is 11.3. The highest BCUT2D eigenvalue weighted by molar-refractivity contribution is 5.59. The second-order valence-corrected chi connectivity index (χ2v) is 4.01. The van der Waals surface area contributed by atoms with Crippen molar-refractivity contribution in [2.24, 2.45) is 0 Å². The van der Waals surface area contributed by atoms with Gasteiger partial charge in [0.1, 0.15) is 6.23 Å². The molecule has 1 aromatic carbocycles. The van der Waals surface area contributed by atoms with Crippen molar-refractivity contribution in [3.8, 4) is 0 Å². The van der Waals surface area contributed by atoms with Crippen LogP contribution in [0.5, 0.6) is 0 Å². The van der Waals surface area contributed by atoms with Crippen molar-refractivity contribution in [2.45, 2.75) is 25.5 Å². The SMILES string of the molecule is CO[N+](=O)c1ccc2c(c1)C(C)CC(O)N2. The van der Waals surface area contributed by atoms with E-state index in [-0.39, 0.29) is 5.92 Å². The van der Waals surface area contributed by atoms with Crippen LogP contribution in [0.15, 0.2) is 18.2 Å². The maximum absolute atomic E-state index is 11.3. The van der Waals surface area contributed by atoms with Crippen LogP contribution in [0.25, 0.3) is 0 Å². The molecule has 2 rings (SSSR count). The number of hydrogen-bond acceptors (Lipinski definition) is 4. The first kappa shape index (κ1) is 10.9. The highest BCUT2D eigenvalue weighted by atomic mass is 16.8. The van der Waals surface area contributed by atoms with Gasteiger partial charge in [-0.05, 0) is 24.0 Å². The van der Waals surface area contributed by atoms with Crippen LogP contribution in [0.4, 0.5) is 11.4 Å². The molecule has 0 saturated carbocycles. The summed E-state index contributed by atoms with van der Waals surface area (Å²) >= 11 is 0. The van der Waals surface area contributed by atoms with Crippen molar-refractivity contribution in [3.63, 3.8) is 0 Å². The lowest BCUT2D eigenvalue weighted by atomic mass is 9.91. The molecule has 2 unspecified atom stereocenters. The van der Waals surface area contributed by atoms with Gasteiger partial charge in [0.05, 0.1) is 4.91 Å². The third-order valence-electron chi connectivity index (χ3n) is 2.84. The summed E-state index contributed by atoms with van der Waals surface area (Å²) in [4.78, 5) is 16.4. The Kier molecular flexibility index (Phi) is 2.78. The van der Waals surface area contributed by atoms with Crippen LogP contribution in [-0.4, -0.2) is 23.4 Å². The minimum Gasteiger partial charge on any atom is -0.374 e. The van der Waals surface area contributed by atoms with Crippen LogP contribution in [0, 0.1) is 4.91 Å². The molecule has 0 fully saturated rings. The number of aliphatic hydroxyl groups excluding tert-OH is 1. The van der Waals surface area contributed by atoms with Crippen LogP contribution in [0.2, 0.25) is 0 Å². The molecule has 1 aromatic rings. The molecule has 0 aliphatic carbocycles. The standard InChI is InChI=1S/C11H15N2O3/c1-7-5-11(14)12-10-4-3-8(6-9(7)10)13(15)16-2/h3-4,6-7,11-12,14H,5H2,1-2H3/q+1. The van der Waals surface area contributed by atoms with E-state index >= 15 is 0 Å². The summed E-state index contributed by atoms with van der Waals surface area (Å²) in [7, 11) is 1.33. The molecule has 16 heavy (non-hydrogen) atoms. The Morgan fingerprint density at radius 1 is 1.56 bits per heavy atom. The van der Waals surface area contributed by atoms with Crippen molar-refractivity contribution in [3.05, 3.63) is 28.7 Å². The Balaban J connectivity index is 2.38. The van der Waals surface area contributed by atoms with Crippen LogP contribution in [0.1, 0.15) is 24.8 Å². The molecule has 1 aliphatic rings. The lowest BCUT2D eigenvalue weighted by Crippen LogP contribution is -2.26. The molecule has 2 N–H and O–H groups in total. The molecule has 5 nitrogen and oxygen atoms in total. The van der Waals surface area contributed by atoms with E-state index in [4.69, 9.17) is 0 Å². The second kappa shape index (κ2) is 4.09. The molecule has 5 heteroatoms. The summed E-state index contributed by atoms with van der Waals surface area (Å²) in [6.07, 6.45) is 0.126. The van der Waals surface area contributed by atoms with E-state index in [1.165, 1.54) is 7.11 Å². The van der Waals surface area contributed by atoms with E-state index in [1.807, 2.05) is 6.92 Å². The molecule has 0 saturated heterocycles. The van der Waals surface area contributed by atoms with Crippen LogP contribution < -0.4 is 5.32 Å². The Labute approximate surface area is 93.6 Å². The average molecular weight is 223 g/mol. The Bertz CT molecular complexity index is 420. The van der Waals surface area contributed by atoms with Gasteiger partial charge in [0, 0.05) is 17.8 Å². The molecule has 1 heterocycles.